The Morgan fingerprint density at radius 3 is 2.22 bits per heavy atom. The van der Waals surface area contributed by atoms with Crippen LogP contribution in [0.2, 0.25) is 0 Å². The van der Waals surface area contributed by atoms with Gasteiger partial charge in [-0.25, -0.2) is 4.79 Å². The highest BCUT2D eigenvalue weighted by atomic mass is 16.2. The average molecular weight is 252 g/mol. The third-order valence-electron chi connectivity index (χ3n) is 4.78. The lowest BCUT2D eigenvalue weighted by molar-refractivity contribution is 0.106. The highest BCUT2D eigenvalue weighted by Crippen LogP contribution is 2.36. The van der Waals surface area contributed by atoms with Crippen LogP contribution in [0.15, 0.2) is 0 Å². The van der Waals surface area contributed by atoms with Gasteiger partial charge < -0.3 is 9.80 Å². The Hall–Kier alpha value is -0.730. The molecule has 2 amide bonds. The fraction of sp³-hybridized carbons (Fsp3) is 0.933. The van der Waals surface area contributed by atoms with Crippen LogP contribution in [-0.2, 0) is 0 Å². The van der Waals surface area contributed by atoms with Crippen molar-refractivity contribution in [3.05, 3.63) is 0 Å². The average Bonchev–Trinajstić information content (AvgIpc) is 2.38. The molecule has 0 aromatic rings. The van der Waals surface area contributed by atoms with E-state index in [0.29, 0.717) is 11.5 Å². The predicted molar refractivity (Wildman–Crippen MR) is 74.6 cm³/mol. The second-order valence-electron chi connectivity index (χ2n) is 6.84. The molecule has 0 atom stereocenters. The monoisotopic (exact) mass is 252 g/mol. The van der Waals surface area contributed by atoms with E-state index in [-0.39, 0.29) is 6.03 Å². The third kappa shape index (κ3) is 3.18. The first-order valence-corrected chi connectivity index (χ1v) is 7.51. The number of rotatable bonds is 1. The van der Waals surface area contributed by atoms with Gasteiger partial charge >= 0.3 is 6.03 Å². The number of carbonyl (C=O) groups is 1. The molecule has 0 spiro atoms. The molecule has 0 aromatic carbocycles. The molecule has 0 N–H and O–H groups in total. The summed E-state index contributed by atoms with van der Waals surface area (Å²) < 4.78 is 0. The fourth-order valence-corrected chi connectivity index (χ4v) is 3.24. The Morgan fingerprint density at radius 2 is 1.67 bits per heavy atom. The molecular weight excluding hydrogens is 224 g/mol. The molecule has 2 fully saturated rings. The van der Waals surface area contributed by atoms with Crippen LogP contribution in [0.1, 0.15) is 58.8 Å². The summed E-state index contributed by atoms with van der Waals surface area (Å²) in [7, 11) is 2.00. The standard InChI is InChI=1S/C15H28N2O/c1-15(2)9-7-13(8-10-15)16(3)14(18)17-11-5-4-6-12-17/h13H,4-12H2,1-3H3. The molecule has 2 rings (SSSR count). The highest BCUT2D eigenvalue weighted by Gasteiger charge is 2.32. The number of likely N-dealkylation sites (tertiary alicyclic amines) is 1. The summed E-state index contributed by atoms with van der Waals surface area (Å²) in [5, 5.41) is 0. The zero-order chi connectivity index (χ0) is 13.2. The minimum atomic E-state index is 0.263. The lowest BCUT2D eigenvalue weighted by atomic mass is 9.75. The van der Waals surface area contributed by atoms with Gasteiger partial charge in [0.2, 0.25) is 0 Å². The van der Waals surface area contributed by atoms with Gasteiger partial charge in [0.25, 0.3) is 0 Å². The lowest BCUT2D eigenvalue weighted by Crippen LogP contribution is -2.49. The Bertz CT molecular complexity index is 285. The van der Waals surface area contributed by atoms with Crippen molar-refractivity contribution in [1.82, 2.24) is 9.80 Å². The molecule has 18 heavy (non-hydrogen) atoms. The van der Waals surface area contributed by atoms with Gasteiger partial charge in [0, 0.05) is 26.2 Å². The second kappa shape index (κ2) is 5.50. The number of nitrogens with zero attached hydrogens (tertiary/aromatic N) is 2. The van der Waals surface area contributed by atoms with Gasteiger partial charge in [-0.2, -0.15) is 0 Å². The number of hydrogen-bond acceptors (Lipinski definition) is 1. The van der Waals surface area contributed by atoms with E-state index in [1.165, 1.54) is 44.9 Å². The van der Waals surface area contributed by atoms with Crippen LogP contribution >= 0.6 is 0 Å². The number of amides is 2. The molecule has 1 aliphatic heterocycles. The van der Waals surface area contributed by atoms with Crippen molar-refractivity contribution in [1.29, 1.82) is 0 Å². The van der Waals surface area contributed by atoms with Crippen LogP contribution in [0.4, 0.5) is 4.79 Å². The summed E-state index contributed by atoms with van der Waals surface area (Å²) in [6.45, 7) is 6.61. The van der Waals surface area contributed by atoms with E-state index < -0.39 is 0 Å². The van der Waals surface area contributed by atoms with E-state index in [1.807, 2.05) is 16.8 Å². The summed E-state index contributed by atoms with van der Waals surface area (Å²) in [5.74, 6) is 0. The van der Waals surface area contributed by atoms with Gasteiger partial charge in [-0.15, -0.1) is 0 Å². The molecule has 1 saturated carbocycles. The Morgan fingerprint density at radius 1 is 1.11 bits per heavy atom. The summed E-state index contributed by atoms with van der Waals surface area (Å²) in [5.41, 5.74) is 0.478. The normalized spacial score (nSPS) is 24.9. The lowest BCUT2D eigenvalue weighted by Gasteiger charge is -2.40. The fourth-order valence-electron chi connectivity index (χ4n) is 3.24. The molecule has 2 aliphatic rings. The van der Waals surface area contributed by atoms with E-state index in [4.69, 9.17) is 0 Å². The molecule has 3 heteroatoms. The second-order valence-corrected chi connectivity index (χ2v) is 6.84. The van der Waals surface area contributed by atoms with Crippen molar-refractivity contribution >= 4 is 6.03 Å². The van der Waals surface area contributed by atoms with Crippen molar-refractivity contribution < 1.29 is 4.79 Å². The van der Waals surface area contributed by atoms with Gasteiger partial charge in [-0.05, 0) is 50.4 Å². The van der Waals surface area contributed by atoms with Crippen LogP contribution in [0.25, 0.3) is 0 Å². The zero-order valence-corrected chi connectivity index (χ0v) is 12.2. The molecule has 1 heterocycles. The van der Waals surface area contributed by atoms with Gasteiger partial charge in [-0.3, -0.25) is 0 Å². The molecule has 1 aliphatic carbocycles. The molecular formula is C15H28N2O. The highest BCUT2D eigenvalue weighted by molar-refractivity contribution is 5.74. The number of carbonyl (C=O) groups excluding carboxylic acids is 1. The summed E-state index contributed by atoms with van der Waals surface area (Å²) >= 11 is 0. The smallest absolute Gasteiger partial charge is 0.319 e. The number of hydrogen-bond donors (Lipinski definition) is 0. The van der Waals surface area contributed by atoms with Crippen LogP contribution < -0.4 is 0 Å². The van der Waals surface area contributed by atoms with E-state index in [9.17, 15) is 4.79 Å². The van der Waals surface area contributed by atoms with Crippen LogP contribution in [0.5, 0.6) is 0 Å². The Labute approximate surface area is 112 Å². The molecule has 104 valence electrons. The molecule has 0 bridgehead atoms. The van der Waals surface area contributed by atoms with Gasteiger partial charge in [0.1, 0.15) is 0 Å². The molecule has 0 unspecified atom stereocenters. The van der Waals surface area contributed by atoms with Crippen LogP contribution in [0, 0.1) is 5.41 Å². The van der Waals surface area contributed by atoms with Gasteiger partial charge in [0.05, 0.1) is 0 Å². The Balaban J connectivity index is 1.87. The predicted octanol–water partition coefficient (Wildman–Crippen LogP) is 3.49. The SMILES string of the molecule is CN(C(=O)N1CCCCC1)C1CCC(C)(C)CC1. The van der Waals surface area contributed by atoms with Crippen molar-refractivity contribution in [2.24, 2.45) is 5.41 Å². The van der Waals surface area contributed by atoms with Crippen molar-refractivity contribution in [2.45, 2.75) is 64.8 Å². The van der Waals surface area contributed by atoms with E-state index in [2.05, 4.69) is 13.8 Å². The zero-order valence-electron chi connectivity index (χ0n) is 12.2. The molecule has 3 nitrogen and oxygen atoms in total. The largest absolute Gasteiger partial charge is 0.325 e. The van der Waals surface area contributed by atoms with E-state index in [0.717, 1.165) is 13.1 Å². The maximum absolute atomic E-state index is 12.4. The third-order valence-corrected chi connectivity index (χ3v) is 4.78. The first-order chi connectivity index (χ1) is 8.49. The maximum atomic E-state index is 12.4. The maximum Gasteiger partial charge on any atom is 0.319 e. The summed E-state index contributed by atoms with van der Waals surface area (Å²) in [6, 6.07) is 0.729. The Kier molecular flexibility index (Phi) is 4.18. The quantitative estimate of drug-likeness (QED) is 0.700. The van der Waals surface area contributed by atoms with E-state index in [1.54, 1.807) is 0 Å². The topological polar surface area (TPSA) is 23.6 Å². The molecule has 0 aromatic heterocycles. The van der Waals surface area contributed by atoms with Gasteiger partial charge in [0.15, 0.2) is 0 Å². The number of urea groups is 1. The summed E-state index contributed by atoms with van der Waals surface area (Å²) in [4.78, 5) is 16.5. The first kappa shape index (κ1) is 13.7. The van der Waals surface area contributed by atoms with Crippen molar-refractivity contribution in [2.75, 3.05) is 20.1 Å². The minimum absolute atomic E-state index is 0.263. The molecule has 1 saturated heterocycles. The van der Waals surface area contributed by atoms with Crippen molar-refractivity contribution in [3.63, 3.8) is 0 Å². The van der Waals surface area contributed by atoms with Crippen LogP contribution in [-0.4, -0.2) is 42.0 Å². The van der Waals surface area contributed by atoms with Gasteiger partial charge in [-0.1, -0.05) is 13.8 Å². The van der Waals surface area contributed by atoms with E-state index >= 15 is 0 Å². The first-order valence-electron chi connectivity index (χ1n) is 7.51. The number of piperidine rings is 1. The van der Waals surface area contributed by atoms with Crippen molar-refractivity contribution in [3.8, 4) is 0 Å². The minimum Gasteiger partial charge on any atom is -0.325 e. The summed E-state index contributed by atoms with van der Waals surface area (Å²) in [6.07, 6.45) is 8.47. The molecule has 0 radical (unpaired) electrons. The van der Waals surface area contributed by atoms with Crippen LogP contribution in [0.3, 0.4) is 0 Å².